The Kier molecular flexibility index (Phi) is 6.13. The third-order valence-corrected chi connectivity index (χ3v) is 3.28. The van der Waals surface area contributed by atoms with Crippen LogP contribution in [-0.4, -0.2) is 37.1 Å². The molecule has 1 amide bonds. The zero-order valence-electron chi connectivity index (χ0n) is 13.2. The summed E-state index contributed by atoms with van der Waals surface area (Å²) in [5.41, 5.74) is 0.270. The molecule has 0 radical (unpaired) electrons. The Balaban J connectivity index is 1.77. The summed E-state index contributed by atoms with van der Waals surface area (Å²) in [5.74, 6) is -0.524. The first-order chi connectivity index (χ1) is 11.6. The van der Waals surface area contributed by atoms with E-state index in [1.54, 1.807) is 7.11 Å². The molecular formula is C17H18N2O5. The van der Waals surface area contributed by atoms with Crippen molar-refractivity contribution in [1.82, 2.24) is 10.3 Å². The van der Waals surface area contributed by atoms with Crippen molar-refractivity contribution in [3.8, 4) is 5.75 Å². The highest BCUT2D eigenvalue weighted by atomic mass is 16.5. The first-order valence-electron chi connectivity index (χ1n) is 7.35. The van der Waals surface area contributed by atoms with E-state index in [0.29, 0.717) is 13.0 Å². The molecule has 0 aliphatic heterocycles. The number of pyridine rings is 1. The average molecular weight is 330 g/mol. The van der Waals surface area contributed by atoms with Crippen molar-refractivity contribution in [2.45, 2.75) is 6.42 Å². The maximum atomic E-state index is 11.7. The second-order valence-electron chi connectivity index (χ2n) is 4.90. The Bertz CT molecular complexity index is 769. The number of amides is 1. The number of rotatable bonds is 7. The lowest BCUT2D eigenvalue weighted by atomic mass is 10.1. The van der Waals surface area contributed by atoms with Crippen LogP contribution in [-0.2, 0) is 16.0 Å². The van der Waals surface area contributed by atoms with Crippen molar-refractivity contribution in [1.29, 1.82) is 0 Å². The highest BCUT2D eigenvalue weighted by Crippen LogP contribution is 2.17. The number of methoxy groups -OCH3 is 1. The van der Waals surface area contributed by atoms with Crippen LogP contribution in [0.2, 0.25) is 0 Å². The van der Waals surface area contributed by atoms with E-state index in [-0.39, 0.29) is 5.56 Å². The zero-order valence-corrected chi connectivity index (χ0v) is 13.2. The highest BCUT2D eigenvalue weighted by molar-refractivity contribution is 5.90. The van der Waals surface area contributed by atoms with E-state index < -0.39 is 24.0 Å². The largest absolute Gasteiger partial charge is 0.496 e. The lowest BCUT2D eigenvalue weighted by Crippen LogP contribution is -2.31. The van der Waals surface area contributed by atoms with Gasteiger partial charge < -0.3 is 19.8 Å². The minimum absolute atomic E-state index is 0.140. The van der Waals surface area contributed by atoms with Crippen LogP contribution in [0.5, 0.6) is 5.75 Å². The van der Waals surface area contributed by atoms with Gasteiger partial charge in [-0.3, -0.25) is 9.59 Å². The molecule has 0 atom stereocenters. The predicted octanol–water partition coefficient (Wildman–Crippen LogP) is 0.899. The van der Waals surface area contributed by atoms with E-state index in [0.717, 1.165) is 11.3 Å². The summed E-state index contributed by atoms with van der Waals surface area (Å²) in [7, 11) is 1.59. The second kappa shape index (κ2) is 8.52. The predicted molar refractivity (Wildman–Crippen MR) is 87.1 cm³/mol. The lowest BCUT2D eigenvalue weighted by Gasteiger charge is -2.09. The molecule has 0 aliphatic carbocycles. The standard InChI is InChI=1S/C17H18N2O5/c1-23-14-7-3-2-5-12(14)8-10-18-15(20)11-24-17(22)13-6-4-9-19-16(13)21/h2-7,9H,8,10-11H2,1H3,(H,18,20)(H,19,21). The van der Waals surface area contributed by atoms with E-state index in [1.807, 2.05) is 24.3 Å². The van der Waals surface area contributed by atoms with Gasteiger partial charge in [0, 0.05) is 12.7 Å². The molecule has 24 heavy (non-hydrogen) atoms. The number of para-hydroxylation sites is 1. The Morgan fingerprint density at radius 1 is 1.17 bits per heavy atom. The van der Waals surface area contributed by atoms with Crippen molar-refractivity contribution in [3.05, 3.63) is 64.1 Å². The van der Waals surface area contributed by atoms with Crippen molar-refractivity contribution in [2.24, 2.45) is 0 Å². The summed E-state index contributed by atoms with van der Waals surface area (Å²) >= 11 is 0. The lowest BCUT2D eigenvalue weighted by molar-refractivity contribution is -0.124. The van der Waals surface area contributed by atoms with Crippen molar-refractivity contribution in [3.63, 3.8) is 0 Å². The number of hydrogen-bond acceptors (Lipinski definition) is 5. The van der Waals surface area contributed by atoms with Crippen molar-refractivity contribution >= 4 is 11.9 Å². The van der Waals surface area contributed by atoms with Crippen LogP contribution >= 0.6 is 0 Å². The Labute approximate surface area is 138 Å². The van der Waals surface area contributed by atoms with Crippen LogP contribution in [0, 0.1) is 0 Å². The van der Waals surface area contributed by atoms with Gasteiger partial charge in [0.25, 0.3) is 11.5 Å². The minimum atomic E-state index is -0.836. The molecule has 0 saturated heterocycles. The van der Waals surface area contributed by atoms with Gasteiger partial charge >= 0.3 is 5.97 Å². The first kappa shape index (κ1) is 17.3. The molecule has 0 bridgehead atoms. The van der Waals surface area contributed by atoms with Gasteiger partial charge in [0.1, 0.15) is 11.3 Å². The molecule has 0 spiro atoms. The number of H-pyrrole nitrogens is 1. The summed E-state index contributed by atoms with van der Waals surface area (Å²) in [5, 5.41) is 2.65. The molecule has 1 aromatic heterocycles. The summed E-state index contributed by atoms with van der Waals surface area (Å²) in [4.78, 5) is 37.2. The number of hydrogen-bond donors (Lipinski definition) is 2. The summed E-state index contributed by atoms with van der Waals surface area (Å²) < 4.78 is 10.1. The van der Waals surface area contributed by atoms with Crippen LogP contribution in [0.3, 0.4) is 0 Å². The molecule has 0 saturated carbocycles. The van der Waals surface area contributed by atoms with Gasteiger partial charge in [0.2, 0.25) is 0 Å². The van der Waals surface area contributed by atoms with Gasteiger partial charge in [-0.05, 0) is 30.2 Å². The Morgan fingerprint density at radius 2 is 1.96 bits per heavy atom. The average Bonchev–Trinajstić information content (AvgIpc) is 2.60. The van der Waals surface area contributed by atoms with Gasteiger partial charge in [-0.25, -0.2) is 4.79 Å². The number of benzene rings is 1. The van der Waals surface area contributed by atoms with Crippen LogP contribution in [0.1, 0.15) is 15.9 Å². The van der Waals surface area contributed by atoms with Gasteiger partial charge in [0.15, 0.2) is 6.61 Å². The molecule has 1 aromatic carbocycles. The summed E-state index contributed by atoms with van der Waals surface area (Å²) in [6.07, 6.45) is 1.99. The number of aromatic nitrogens is 1. The minimum Gasteiger partial charge on any atom is -0.496 e. The number of aromatic amines is 1. The van der Waals surface area contributed by atoms with Crippen LogP contribution < -0.4 is 15.6 Å². The van der Waals surface area contributed by atoms with Gasteiger partial charge in [-0.15, -0.1) is 0 Å². The molecule has 7 heteroatoms. The fourth-order valence-electron chi connectivity index (χ4n) is 2.09. The van der Waals surface area contributed by atoms with E-state index in [9.17, 15) is 14.4 Å². The third-order valence-electron chi connectivity index (χ3n) is 3.28. The smallest absolute Gasteiger partial charge is 0.344 e. The fourth-order valence-corrected chi connectivity index (χ4v) is 2.09. The van der Waals surface area contributed by atoms with Crippen molar-refractivity contribution in [2.75, 3.05) is 20.3 Å². The monoisotopic (exact) mass is 330 g/mol. The number of carbonyl (C=O) groups excluding carboxylic acids is 2. The molecule has 1 heterocycles. The maximum Gasteiger partial charge on any atom is 0.344 e. The maximum absolute atomic E-state index is 11.7. The molecule has 0 fully saturated rings. The van der Waals surface area contributed by atoms with E-state index in [4.69, 9.17) is 9.47 Å². The van der Waals surface area contributed by atoms with E-state index in [2.05, 4.69) is 10.3 Å². The van der Waals surface area contributed by atoms with Gasteiger partial charge in [-0.1, -0.05) is 18.2 Å². The number of nitrogens with one attached hydrogen (secondary N) is 2. The number of carbonyl (C=O) groups is 2. The molecule has 0 unspecified atom stereocenters. The molecule has 2 rings (SSSR count). The quantitative estimate of drug-likeness (QED) is 0.735. The van der Waals surface area contributed by atoms with E-state index in [1.165, 1.54) is 18.3 Å². The number of ether oxygens (including phenoxy) is 2. The second-order valence-corrected chi connectivity index (χ2v) is 4.90. The summed E-state index contributed by atoms with van der Waals surface area (Å²) in [6, 6.07) is 10.3. The van der Waals surface area contributed by atoms with Crippen molar-refractivity contribution < 1.29 is 19.1 Å². The Morgan fingerprint density at radius 3 is 2.71 bits per heavy atom. The molecule has 126 valence electrons. The summed E-state index contributed by atoms with van der Waals surface area (Å²) in [6.45, 7) is -0.0677. The molecule has 2 aromatic rings. The SMILES string of the molecule is COc1ccccc1CCNC(=O)COC(=O)c1ccc[nH]c1=O. The molecule has 7 nitrogen and oxygen atoms in total. The molecule has 0 aliphatic rings. The fraction of sp³-hybridized carbons (Fsp3) is 0.235. The first-order valence-corrected chi connectivity index (χ1v) is 7.35. The topological polar surface area (TPSA) is 97.5 Å². The van der Waals surface area contributed by atoms with E-state index >= 15 is 0 Å². The zero-order chi connectivity index (χ0) is 17.4. The van der Waals surface area contributed by atoms with Crippen LogP contribution in [0.4, 0.5) is 0 Å². The normalized spacial score (nSPS) is 10.0. The highest BCUT2D eigenvalue weighted by Gasteiger charge is 2.13. The van der Waals surface area contributed by atoms with Crippen LogP contribution in [0.15, 0.2) is 47.4 Å². The van der Waals surface area contributed by atoms with Crippen LogP contribution in [0.25, 0.3) is 0 Å². The van der Waals surface area contributed by atoms with Gasteiger partial charge in [0.05, 0.1) is 7.11 Å². The van der Waals surface area contributed by atoms with Gasteiger partial charge in [-0.2, -0.15) is 0 Å². The third kappa shape index (κ3) is 4.70. The molecular weight excluding hydrogens is 312 g/mol. The number of esters is 1. The Hall–Kier alpha value is -3.09. The molecule has 2 N–H and O–H groups in total.